The summed E-state index contributed by atoms with van der Waals surface area (Å²) < 4.78 is 0. The third kappa shape index (κ3) is 3.51. The highest BCUT2D eigenvalue weighted by atomic mass is 16.2. The maximum absolute atomic E-state index is 12.5. The van der Waals surface area contributed by atoms with Gasteiger partial charge in [0, 0.05) is 38.1 Å². The van der Waals surface area contributed by atoms with Crippen LogP contribution < -0.4 is 10.6 Å². The van der Waals surface area contributed by atoms with Gasteiger partial charge < -0.3 is 15.5 Å². The molecule has 2 heterocycles. The fraction of sp³-hybridized carbons (Fsp3) is 0.333. The lowest BCUT2D eigenvalue weighted by molar-refractivity contribution is 0.0714. The Bertz CT molecular complexity index is 648. The van der Waals surface area contributed by atoms with Crippen molar-refractivity contribution in [3.05, 3.63) is 54.2 Å². The van der Waals surface area contributed by atoms with Crippen molar-refractivity contribution in [2.75, 3.05) is 25.0 Å². The predicted octanol–water partition coefficient (Wildman–Crippen LogP) is 2.41. The van der Waals surface area contributed by atoms with Crippen LogP contribution in [0.25, 0.3) is 0 Å². The van der Waals surface area contributed by atoms with E-state index in [2.05, 4.69) is 4.98 Å². The van der Waals surface area contributed by atoms with Crippen LogP contribution in [0.5, 0.6) is 0 Å². The number of nitrogens with two attached hydrogens (primary N) is 1. The Morgan fingerprint density at radius 2 is 1.87 bits per heavy atom. The van der Waals surface area contributed by atoms with E-state index in [1.807, 2.05) is 59.3 Å². The third-order valence-electron chi connectivity index (χ3n) is 4.31. The van der Waals surface area contributed by atoms with Crippen molar-refractivity contribution in [2.24, 2.45) is 5.73 Å². The molecule has 1 amide bonds. The SMILES string of the molecule is CN(c1ccccc1)c1ccc(C(=O)N2CCC(N)CC2)cn1. The molecule has 2 N–H and O–H groups in total. The fourth-order valence-electron chi connectivity index (χ4n) is 2.78. The molecule has 1 aromatic carbocycles. The number of rotatable bonds is 3. The van der Waals surface area contributed by atoms with Crippen LogP contribution in [-0.4, -0.2) is 42.0 Å². The lowest BCUT2D eigenvalue weighted by atomic mass is 10.1. The zero-order valence-corrected chi connectivity index (χ0v) is 13.4. The second kappa shape index (κ2) is 6.79. The minimum atomic E-state index is 0.0401. The number of benzene rings is 1. The Morgan fingerprint density at radius 1 is 1.17 bits per heavy atom. The molecular weight excluding hydrogens is 288 g/mol. The van der Waals surface area contributed by atoms with Crippen LogP contribution in [0, 0.1) is 0 Å². The van der Waals surface area contributed by atoms with E-state index in [-0.39, 0.29) is 11.9 Å². The number of hydrogen-bond donors (Lipinski definition) is 1. The molecule has 3 rings (SSSR count). The van der Waals surface area contributed by atoms with Crippen LogP contribution in [0.4, 0.5) is 11.5 Å². The molecule has 0 spiro atoms. The molecule has 2 aromatic rings. The smallest absolute Gasteiger partial charge is 0.255 e. The number of aromatic nitrogens is 1. The molecule has 0 atom stereocenters. The predicted molar refractivity (Wildman–Crippen MR) is 91.9 cm³/mol. The van der Waals surface area contributed by atoms with E-state index < -0.39 is 0 Å². The van der Waals surface area contributed by atoms with Crippen molar-refractivity contribution < 1.29 is 4.79 Å². The number of pyridine rings is 1. The summed E-state index contributed by atoms with van der Waals surface area (Å²) in [6, 6.07) is 14.0. The number of carbonyl (C=O) groups excluding carboxylic acids is 1. The Balaban J connectivity index is 1.71. The quantitative estimate of drug-likeness (QED) is 0.945. The molecule has 1 aromatic heterocycles. The van der Waals surface area contributed by atoms with Gasteiger partial charge in [0.15, 0.2) is 0 Å². The van der Waals surface area contributed by atoms with E-state index >= 15 is 0 Å². The Morgan fingerprint density at radius 3 is 2.48 bits per heavy atom. The molecule has 120 valence electrons. The molecule has 0 radical (unpaired) electrons. The van der Waals surface area contributed by atoms with Gasteiger partial charge in [-0.15, -0.1) is 0 Å². The summed E-state index contributed by atoms with van der Waals surface area (Å²) in [5.74, 6) is 0.853. The summed E-state index contributed by atoms with van der Waals surface area (Å²) in [6.07, 6.45) is 3.40. The summed E-state index contributed by atoms with van der Waals surface area (Å²) in [6.45, 7) is 1.46. The Hall–Kier alpha value is -2.40. The van der Waals surface area contributed by atoms with Crippen LogP contribution in [0.1, 0.15) is 23.2 Å². The molecule has 23 heavy (non-hydrogen) atoms. The van der Waals surface area contributed by atoms with Gasteiger partial charge in [-0.05, 0) is 37.1 Å². The van der Waals surface area contributed by atoms with Crippen molar-refractivity contribution in [2.45, 2.75) is 18.9 Å². The van der Waals surface area contributed by atoms with Gasteiger partial charge in [0.05, 0.1) is 5.56 Å². The van der Waals surface area contributed by atoms with E-state index in [0.29, 0.717) is 5.56 Å². The van der Waals surface area contributed by atoms with E-state index in [9.17, 15) is 4.79 Å². The van der Waals surface area contributed by atoms with Crippen molar-refractivity contribution >= 4 is 17.4 Å². The van der Waals surface area contributed by atoms with Crippen LogP contribution in [0.2, 0.25) is 0 Å². The van der Waals surface area contributed by atoms with Gasteiger partial charge in [-0.2, -0.15) is 0 Å². The number of anilines is 2. The number of piperidine rings is 1. The molecule has 1 aliphatic heterocycles. The van der Waals surface area contributed by atoms with Crippen LogP contribution in [-0.2, 0) is 0 Å². The molecule has 5 heteroatoms. The third-order valence-corrected chi connectivity index (χ3v) is 4.31. The fourth-order valence-corrected chi connectivity index (χ4v) is 2.78. The molecule has 0 saturated carbocycles. The first-order valence-electron chi connectivity index (χ1n) is 7.95. The molecule has 1 saturated heterocycles. The van der Waals surface area contributed by atoms with Gasteiger partial charge in [-0.1, -0.05) is 18.2 Å². The maximum Gasteiger partial charge on any atom is 0.255 e. The topological polar surface area (TPSA) is 62.5 Å². The van der Waals surface area contributed by atoms with Crippen LogP contribution in [0.3, 0.4) is 0 Å². The first-order chi connectivity index (χ1) is 11.1. The van der Waals surface area contributed by atoms with Gasteiger partial charge in [0.25, 0.3) is 5.91 Å². The Labute approximate surface area is 136 Å². The molecule has 1 fully saturated rings. The van der Waals surface area contributed by atoms with Gasteiger partial charge in [-0.3, -0.25) is 4.79 Å². The van der Waals surface area contributed by atoms with Crippen molar-refractivity contribution in [1.29, 1.82) is 0 Å². The highest BCUT2D eigenvalue weighted by Crippen LogP contribution is 2.21. The molecular formula is C18H22N4O. The average Bonchev–Trinajstić information content (AvgIpc) is 2.62. The summed E-state index contributed by atoms with van der Waals surface area (Å²) >= 11 is 0. The summed E-state index contributed by atoms with van der Waals surface area (Å²) in [5, 5.41) is 0. The van der Waals surface area contributed by atoms with Gasteiger partial charge in [0.2, 0.25) is 0 Å². The van der Waals surface area contributed by atoms with E-state index in [1.165, 1.54) is 0 Å². The number of likely N-dealkylation sites (tertiary alicyclic amines) is 1. The first-order valence-corrected chi connectivity index (χ1v) is 7.95. The normalized spacial score (nSPS) is 15.5. The molecule has 5 nitrogen and oxygen atoms in total. The zero-order chi connectivity index (χ0) is 16.2. The van der Waals surface area contributed by atoms with Crippen molar-refractivity contribution in [3.8, 4) is 0 Å². The minimum Gasteiger partial charge on any atom is -0.338 e. The second-order valence-electron chi connectivity index (χ2n) is 5.93. The molecule has 0 aliphatic carbocycles. The Kier molecular flexibility index (Phi) is 4.57. The number of hydrogen-bond acceptors (Lipinski definition) is 4. The second-order valence-corrected chi connectivity index (χ2v) is 5.93. The van der Waals surface area contributed by atoms with E-state index in [4.69, 9.17) is 5.73 Å². The van der Waals surface area contributed by atoms with Crippen molar-refractivity contribution in [3.63, 3.8) is 0 Å². The minimum absolute atomic E-state index is 0.0401. The van der Waals surface area contributed by atoms with Crippen LogP contribution in [0.15, 0.2) is 48.7 Å². The highest BCUT2D eigenvalue weighted by molar-refractivity contribution is 5.94. The summed E-state index contributed by atoms with van der Waals surface area (Å²) in [5.41, 5.74) is 7.58. The number of amides is 1. The van der Waals surface area contributed by atoms with Crippen LogP contribution >= 0.6 is 0 Å². The summed E-state index contributed by atoms with van der Waals surface area (Å²) in [7, 11) is 1.96. The number of nitrogens with zero attached hydrogens (tertiary/aromatic N) is 3. The summed E-state index contributed by atoms with van der Waals surface area (Å²) in [4.78, 5) is 20.8. The lowest BCUT2D eigenvalue weighted by Gasteiger charge is -2.30. The van der Waals surface area contributed by atoms with Crippen molar-refractivity contribution in [1.82, 2.24) is 9.88 Å². The molecule has 0 bridgehead atoms. The largest absolute Gasteiger partial charge is 0.338 e. The average molecular weight is 310 g/mol. The van der Waals surface area contributed by atoms with E-state index in [0.717, 1.165) is 37.4 Å². The van der Waals surface area contributed by atoms with Gasteiger partial charge in [0.1, 0.15) is 5.82 Å². The number of carbonyl (C=O) groups is 1. The highest BCUT2D eigenvalue weighted by Gasteiger charge is 2.21. The molecule has 1 aliphatic rings. The number of para-hydroxylation sites is 1. The first kappa shape index (κ1) is 15.5. The zero-order valence-electron chi connectivity index (χ0n) is 13.4. The standard InChI is InChI=1S/C18H22N4O/c1-21(16-5-3-2-4-6-16)17-8-7-14(13-20-17)18(23)22-11-9-15(19)10-12-22/h2-8,13,15H,9-12,19H2,1H3. The lowest BCUT2D eigenvalue weighted by Crippen LogP contribution is -2.42. The molecule has 0 unspecified atom stereocenters. The van der Waals surface area contributed by atoms with Gasteiger partial charge in [-0.25, -0.2) is 4.98 Å². The van der Waals surface area contributed by atoms with Gasteiger partial charge >= 0.3 is 0 Å². The monoisotopic (exact) mass is 310 g/mol. The van der Waals surface area contributed by atoms with E-state index in [1.54, 1.807) is 6.20 Å². The maximum atomic E-state index is 12.5.